The summed E-state index contributed by atoms with van der Waals surface area (Å²) in [6.45, 7) is 0.205. The maximum absolute atomic E-state index is 12.6. The summed E-state index contributed by atoms with van der Waals surface area (Å²) in [7, 11) is 0.164. The predicted octanol–water partition coefficient (Wildman–Crippen LogP) is 3.78. The van der Waals surface area contributed by atoms with Gasteiger partial charge in [0.25, 0.3) is 0 Å². The number of likely N-dealkylation sites (N-methyl/N-ethyl adjacent to an activating group) is 1. The highest BCUT2D eigenvalue weighted by atomic mass is 79.9. The summed E-state index contributed by atoms with van der Waals surface area (Å²) in [5.74, 6) is 0.723. The number of benzene rings is 2. The molecule has 7 heteroatoms. The molecule has 25 heavy (non-hydrogen) atoms. The molecule has 0 fully saturated rings. The SMILES string of the molecule is CN(C)C(CNS(=O)(=O)c1ccccc1Br)c1cc2ccccc2o1. The zero-order valence-electron chi connectivity index (χ0n) is 13.9. The number of rotatable bonds is 6. The zero-order chi connectivity index (χ0) is 18.0. The number of para-hydroxylation sites is 1. The quantitative estimate of drug-likeness (QED) is 0.656. The molecule has 1 atom stereocenters. The fourth-order valence-corrected chi connectivity index (χ4v) is 4.67. The molecule has 0 amide bonds. The number of hydrogen-bond donors (Lipinski definition) is 1. The van der Waals surface area contributed by atoms with Gasteiger partial charge in [-0.3, -0.25) is 4.90 Å². The second kappa shape index (κ2) is 7.29. The third-order valence-corrected chi connectivity index (χ3v) is 6.42. The van der Waals surface area contributed by atoms with Gasteiger partial charge in [0.15, 0.2) is 0 Å². The molecule has 0 aliphatic rings. The van der Waals surface area contributed by atoms with Crippen LogP contribution in [0.15, 0.2) is 68.4 Å². The highest BCUT2D eigenvalue weighted by Gasteiger charge is 2.23. The lowest BCUT2D eigenvalue weighted by Crippen LogP contribution is -2.34. The van der Waals surface area contributed by atoms with E-state index < -0.39 is 10.0 Å². The average Bonchev–Trinajstić information content (AvgIpc) is 2.98. The molecular formula is C18H19BrN2O3S. The van der Waals surface area contributed by atoms with Gasteiger partial charge in [0.1, 0.15) is 11.3 Å². The minimum atomic E-state index is -3.62. The van der Waals surface area contributed by atoms with Crippen LogP contribution in [0.1, 0.15) is 11.8 Å². The van der Waals surface area contributed by atoms with Gasteiger partial charge in [0.05, 0.1) is 10.9 Å². The van der Waals surface area contributed by atoms with Crippen LogP contribution < -0.4 is 4.72 Å². The first-order valence-electron chi connectivity index (χ1n) is 7.77. The molecule has 1 unspecified atom stereocenters. The van der Waals surface area contributed by atoms with Gasteiger partial charge in [-0.05, 0) is 54.3 Å². The second-order valence-electron chi connectivity index (χ2n) is 5.95. The van der Waals surface area contributed by atoms with Gasteiger partial charge in [0.2, 0.25) is 10.0 Å². The lowest BCUT2D eigenvalue weighted by atomic mass is 10.2. The summed E-state index contributed by atoms with van der Waals surface area (Å²) in [5.41, 5.74) is 0.790. The summed E-state index contributed by atoms with van der Waals surface area (Å²) < 4.78 is 34.3. The van der Waals surface area contributed by atoms with Crippen molar-refractivity contribution in [2.24, 2.45) is 0 Å². The maximum Gasteiger partial charge on any atom is 0.241 e. The molecule has 1 aromatic heterocycles. The van der Waals surface area contributed by atoms with Crippen molar-refractivity contribution in [1.29, 1.82) is 0 Å². The fourth-order valence-electron chi connectivity index (χ4n) is 2.63. The fraction of sp³-hybridized carbons (Fsp3) is 0.222. The molecule has 0 bridgehead atoms. The zero-order valence-corrected chi connectivity index (χ0v) is 16.3. The molecule has 3 rings (SSSR count). The molecule has 1 N–H and O–H groups in total. The van der Waals surface area contributed by atoms with Gasteiger partial charge in [-0.2, -0.15) is 0 Å². The van der Waals surface area contributed by atoms with E-state index in [-0.39, 0.29) is 17.5 Å². The first kappa shape index (κ1) is 18.1. The van der Waals surface area contributed by atoms with Crippen LogP contribution in [0.25, 0.3) is 11.0 Å². The van der Waals surface area contributed by atoms with Gasteiger partial charge in [-0.15, -0.1) is 0 Å². The Bertz CT molecular complexity index is 950. The Balaban J connectivity index is 1.84. The van der Waals surface area contributed by atoms with Crippen molar-refractivity contribution in [2.45, 2.75) is 10.9 Å². The van der Waals surface area contributed by atoms with Crippen molar-refractivity contribution in [3.63, 3.8) is 0 Å². The first-order valence-corrected chi connectivity index (χ1v) is 10.1. The molecule has 1 heterocycles. The Kier molecular flexibility index (Phi) is 5.29. The molecule has 2 aromatic carbocycles. The van der Waals surface area contributed by atoms with E-state index in [1.807, 2.05) is 49.3 Å². The van der Waals surface area contributed by atoms with Crippen LogP contribution in [0.4, 0.5) is 0 Å². The van der Waals surface area contributed by atoms with Crippen molar-refractivity contribution in [2.75, 3.05) is 20.6 Å². The minimum Gasteiger partial charge on any atom is -0.459 e. The lowest BCUT2D eigenvalue weighted by molar-refractivity contribution is 0.264. The molecule has 3 aromatic rings. The first-order chi connectivity index (χ1) is 11.9. The van der Waals surface area contributed by atoms with Gasteiger partial charge in [-0.1, -0.05) is 30.3 Å². The van der Waals surface area contributed by atoms with Crippen molar-refractivity contribution >= 4 is 36.9 Å². The largest absolute Gasteiger partial charge is 0.459 e. The predicted molar refractivity (Wildman–Crippen MR) is 102 cm³/mol. The number of fused-ring (bicyclic) bond motifs is 1. The van der Waals surface area contributed by atoms with Crippen LogP contribution >= 0.6 is 15.9 Å². The number of sulfonamides is 1. The lowest BCUT2D eigenvalue weighted by Gasteiger charge is -2.22. The smallest absolute Gasteiger partial charge is 0.241 e. The minimum absolute atomic E-state index is 0.205. The van der Waals surface area contributed by atoms with E-state index >= 15 is 0 Å². The molecular weight excluding hydrogens is 404 g/mol. The van der Waals surface area contributed by atoms with Crippen LogP contribution in [0.2, 0.25) is 0 Å². The summed E-state index contributed by atoms with van der Waals surface area (Å²) in [6.07, 6.45) is 0. The van der Waals surface area contributed by atoms with Gasteiger partial charge >= 0.3 is 0 Å². The van der Waals surface area contributed by atoms with E-state index in [1.165, 1.54) is 0 Å². The number of halogens is 1. The van der Waals surface area contributed by atoms with Crippen LogP contribution in [-0.2, 0) is 10.0 Å². The van der Waals surface area contributed by atoms with Crippen molar-refractivity contribution in [3.05, 3.63) is 64.8 Å². The highest BCUT2D eigenvalue weighted by Crippen LogP contribution is 2.27. The molecule has 0 radical (unpaired) electrons. The molecule has 0 aliphatic heterocycles. The van der Waals surface area contributed by atoms with Crippen LogP contribution in [0, 0.1) is 0 Å². The van der Waals surface area contributed by atoms with Gasteiger partial charge < -0.3 is 4.42 Å². The van der Waals surface area contributed by atoms with E-state index in [1.54, 1.807) is 24.3 Å². The van der Waals surface area contributed by atoms with Gasteiger partial charge in [0, 0.05) is 16.4 Å². The van der Waals surface area contributed by atoms with Gasteiger partial charge in [-0.25, -0.2) is 13.1 Å². The van der Waals surface area contributed by atoms with E-state index in [0.29, 0.717) is 4.47 Å². The monoisotopic (exact) mass is 422 g/mol. The average molecular weight is 423 g/mol. The van der Waals surface area contributed by atoms with E-state index in [0.717, 1.165) is 16.7 Å². The summed E-state index contributed by atoms with van der Waals surface area (Å²) in [6, 6.07) is 16.2. The standard InChI is InChI=1S/C18H19BrN2O3S/c1-21(2)15(17-11-13-7-3-5-9-16(13)24-17)12-20-25(22,23)18-10-6-4-8-14(18)19/h3-11,15,20H,12H2,1-2H3. The third kappa shape index (κ3) is 3.95. The van der Waals surface area contributed by atoms with Crippen LogP contribution in [-0.4, -0.2) is 34.0 Å². The summed E-state index contributed by atoms with van der Waals surface area (Å²) in [5, 5.41) is 0.998. The van der Waals surface area contributed by atoms with Crippen molar-refractivity contribution < 1.29 is 12.8 Å². The van der Waals surface area contributed by atoms with E-state index in [4.69, 9.17) is 4.42 Å². The Morgan fingerprint density at radius 2 is 1.80 bits per heavy atom. The van der Waals surface area contributed by atoms with Crippen LogP contribution in [0.3, 0.4) is 0 Å². The number of nitrogens with one attached hydrogen (secondary N) is 1. The Hall–Kier alpha value is -1.67. The summed E-state index contributed by atoms with van der Waals surface area (Å²) >= 11 is 3.29. The van der Waals surface area contributed by atoms with E-state index in [2.05, 4.69) is 20.7 Å². The second-order valence-corrected chi connectivity index (χ2v) is 8.54. The number of nitrogens with zero attached hydrogens (tertiary/aromatic N) is 1. The molecule has 0 saturated carbocycles. The molecule has 0 saturated heterocycles. The topological polar surface area (TPSA) is 62.6 Å². The molecule has 0 spiro atoms. The van der Waals surface area contributed by atoms with Crippen molar-refractivity contribution in [1.82, 2.24) is 9.62 Å². The number of furan rings is 1. The Morgan fingerprint density at radius 1 is 1.12 bits per heavy atom. The Labute approximate surface area is 155 Å². The Morgan fingerprint density at radius 3 is 2.48 bits per heavy atom. The molecule has 0 aliphatic carbocycles. The molecule has 132 valence electrons. The third-order valence-electron chi connectivity index (χ3n) is 3.99. The van der Waals surface area contributed by atoms with E-state index in [9.17, 15) is 8.42 Å². The normalized spacial score (nSPS) is 13.4. The van der Waals surface area contributed by atoms with Crippen molar-refractivity contribution in [3.8, 4) is 0 Å². The number of hydrogen-bond acceptors (Lipinski definition) is 4. The highest BCUT2D eigenvalue weighted by molar-refractivity contribution is 9.10. The summed E-state index contributed by atoms with van der Waals surface area (Å²) in [4.78, 5) is 2.15. The molecule has 5 nitrogen and oxygen atoms in total. The van der Waals surface area contributed by atoms with Crippen LogP contribution in [0.5, 0.6) is 0 Å². The maximum atomic E-state index is 12.6.